The van der Waals surface area contributed by atoms with Gasteiger partial charge in [0, 0.05) is 32.2 Å². The summed E-state index contributed by atoms with van der Waals surface area (Å²) in [5.74, 6) is 0.615. The minimum absolute atomic E-state index is 0.122. The first kappa shape index (κ1) is 27.3. The van der Waals surface area contributed by atoms with E-state index >= 15 is 0 Å². The molecule has 0 amide bonds. The van der Waals surface area contributed by atoms with Crippen LogP contribution in [0, 0.1) is 18.3 Å². The van der Waals surface area contributed by atoms with Crippen LogP contribution in [0.4, 0.5) is 0 Å². The highest BCUT2D eigenvalue weighted by molar-refractivity contribution is 7.89. The Hall–Kier alpha value is -4.23. The maximum atomic E-state index is 13.0. The van der Waals surface area contributed by atoms with E-state index in [9.17, 15) is 18.5 Å². The van der Waals surface area contributed by atoms with Crippen LogP contribution in [0.3, 0.4) is 0 Å². The molecular formula is C31H29N3O5S. The van der Waals surface area contributed by atoms with Crippen LogP contribution in [-0.2, 0) is 23.2 Å². The lowest BCUT2D eigenvalue weighted by Crippen LogP contribution is -2.48. The monoisotopic (exact) mass is 555 g/mol. The topological polar surface area (TPSA) is 104 Å². The van der Waals surface area contributed by atoms with Crippen LogP contribution >= 0.6 is 0 Å². The lowest BCUT2D eigenvalue weighted by Gasteiger charge is -2.33. The van der Waals surface area contributed by atoms with Crippen LogP contribution in [0.2, 0.25) is 0 Å². The Bertz CT molecular complexity index is 1700. The van der Waals surface area contributed by atoms with Crippen molar-refractivity contribution in [2.75, 3.05) is 26.2 Å². The number of rotatable bonds is 8. The Balaban J connectivity index is 1.15. The number of hydrogen-bond donors (Lipinski definition) is 0. The van der Waals surface area contributed by atoms with Gasteiger partial charge in [-0.2, -0.15) is 9.57 Å². The van der Waals surface area contributed by atoms with Gasteiger partial charge in [-0.15, -0.1) is 0 Å². The van der Waals surface area contributed by atoms with Crippen molar-refractivity contribution in [3.05, 3.63) is 118 Å². The molecule has 0 aliphatic carbocycles. The highest BCUT2D eigenvalue weighted by Gasteiger charge is 2.28. The second kappa shape index (κ2) is 11.9. The van der Waals surface area contributed by atoms with Crippen LogP contribution in [-0.4, -0.2) is 43.8 Å². The number of ether oxygens (including phenoxy) is 1. The second-order valence-electron chi connectivity index (χ2n) is 9.71. The number of nitriles is 1. The van der Waals surface area contributed by atoms with Gasteiger partial charge in [0.2, 0.25) is 21.2 Å². The van der Waals surface area contributed by atoms with Crippen LogP contribution in [0.15, 0.2) is 99.2 Å². The highest BCUT2D eigenvalue weighted by atomic mass is 32.2. The molecule has 40 heavy (non-hydrogen) atoms. The van der Waals surface area contributed by atoms with Gasteiger partial charge in [0.1, 0.15) is 18.6 Å². The van der Waals surface area contributed by atoms with Crippen molar-refractivity contribution in [3.63, 3.8) is 0 Å². The molecule has 204 valence electrons. The Morgan fingerprint density at radius 1 is 0.950 bits per heavy atom. The molecule has 2 heterocycles. The van der Waals surface area contributed by atoms with Gasteiger partial charge in [-0.25, -0.2) is 8.42 Å². The number of sulfonamides is 1. The van der Waals surface area contributed by atoms with E-state index in [0.717, 1.165) is 22.3 Å². The SMILES string of the molecule is Cc1cccc(S(=O)(=O)N2CCN(Cc3cc(=O)c(OCc4ccc(-c5ccccc5C#N)cc4)co3)CC2)c1. The Labute approximate surface area is 233 Å². The van der Waals surface area contributed by atoms with Crippen LogP contribution in [0.25, 0.3) is 11.1 Å². The fraction of sp³-hybridized carbons (Fsp3) is 0.226. The van der Waals surface area contributed by atoms with Crippen molar-refractivity contribution in [2.45, 2.75) is 25.0 Å². The van der Waals surface area contributed by atoms with Crippen molar-refractivity contribution < 1.29 is 17.6 Å². The molecule has 1 fully saturated rings. The summed E-state index contributed by atoms with van der Waals surface area (Å²) in [5, 5.41) is 9.33. The van der Waals surface area contributed by atoms with E-state index in [4.69, 9.17) is 9.15 Å². The molecule has 4 aromatic rings. The summed E-state index contributed by atoms with van der Waals surface area (Å²) >= 11 is 0. The molecule has 1 aromatic heterocycles. The van der Waals surface area contributed by atoms with Gasteiger partial charge in [0.25, 0.3) is 0 Å². The predicted octanol–water partition coefficient (Wildman–Crippen LogP) is 4.57. The standard InChI is InChI=1S/C31H29N3O5S/c1-23-5-4-7-28(17-23)40(36,37)34-15-13-33(14-16-34)20-27-18-30(35)31(22-38-27)39-21-24-9-11-25(12-10-24)29-8-3-2-6-26(29)19-32/h2-12,17-18,22H,13-16,20-21H2,1H3. The number of nitrogens with zero attached hydrogens (tertiary/aromatic N) is 3. The van der Waals surface area contributed by atoms with Crippen LogP contribution < -0.4 is 10.2 Å². The number of aryl methyl sites for hydroxylation is 1. The molecule has 0 atom stereocenters. The summed E-state index contributed by atoms with van der Waals surface area (Å²) in [6.07, 6.45) is 1.33. The maximum absolute atomic E-state index is 13.0. The quantitative estimate of drug-likeness (QED) is 0.314. The van der Waals surface area contributed by atoms with Crippen molar-refractivity contribution >= 4 is 10.0 Å². The van der Waals surface area contributed by atoms with Gasteiger partial charge in [0.05, 0.1) is 23.1 Å². The van der Waals surface area contributed by atoms with E-state index in [2.05, 4.69) is 11.0 Å². The van der Waals surface area contributed by atoms with E-state index in [-0.39, 0.29) is 17.8 Å². The fourth-order valence-corrected chi connectivity index (χ4v) is 6.20. The zero-order valence-electron chi connectivity index (χ0n) is 22.1. The normalized spacial score (nSPS) is 14.5. The minimum Gasteiger partial charge on any atom is -0.482 e. The third kappa shape index (κ3) is 6.15. The van der Waals surface area contributed by atoms with Crippen molar-refractivity contribution in [3.8, 4) is 22.9 Å². The molecule has 8 nitrogen and oxygen atoms in total. The zero-order chi connectivity index (χ0) is 28.1. The van der Waals surface area contributed by atoms with Crippen molar-refractivity contribution in [1.82, 2.24) is 9.21 Å². The summed E-state index contributed by atoms with van der Waals surface area (Å²) in [6, 6.07) is 25.6. The lowest BCUT2D eigenvalue weighted by molar-refractivity contribution is 0.169. The van der Waals surface area contributed by atoms with Gasteiger partial charge in [-0.05, 0) is 47.4 Å². The Morgan fingerprint density at radius 3 is 2.40 bits per heavy atom. The average molecular weight is 556 g/mol. The molecular weight excluding hydrogens is 526 g/mol. The molecule has 0 N–H and O–H groups in total. The van der Waals surface area contributed by atoms with E-state index in [1.54, 1.807) is 24.3 Å². The smallest absolute Gasteiger partial charge is 0.243 e. The molecule has 0 radical (unpaired) electrons. The molecule has 5 rings (SSSR count). The largest absolute Gasteiger partial charge is 0.482 e. The summed E-state index contributed by atoms with van der Waals surface area (Å²) < 4.78 is 38.9. The number of hydrogen-bond acceptors (Lipinski definition) is 7. The third-order valence-electron chi connectivity index (χ3n) is 6.90. The summed E-state index contributed by atoms with van der Waals surface area (Å²) in [7, 11) is -3.54. The zero-order valence-corrected chi connectivity index (χ0v) is 22.9. The first-order valence-corrected chi connectivity index (χ1v) is 14.4. The van der Waals surface area contributed by atoms with Gasteiger partial charge < -0.3 is 9.15 Å². The van der Waals surface area contributed by atoms with Crippen molar-refractivity contribution in [1.29, 1.82) is 5.26 Å². The Kier molecular flexibility index (Phi) is 8.12. The van der Waals surface area contributed by atoms with Crippen LogP contribution in [0.5, 0.6) is 5.75 Å². The summed E-state index contributed by atoms with van der Waals surface area (Å²) in [5.41, 5.74) is 3.90. The predicted molar refractivity (Wildman–Crippen MR) is 151 cm³/mol. The lowest BCUT2D eigenvalue weighted by atomic mass is 9.99. The Morgan fingerprint density at radius 2 is 1.70 bits per heavy atom. The van der Waals surface area contributed by atoms with E-state index in [0.29, 0.717) is 48.9 Å². The first-order chi connectivity index (χ1) is 19.3. The van der Waals surface area contributed by atoms with E-state index in [1.165, 1.54) is 16.6 Å². The van der Waals surface area contributed by atoms with E-state index < -0.39 is 10.0 Å². The molecule has 9 heteroatoms. The molecule has 0 unspecified atom stereocenters. The molecule has 0 bridgehead atoms. The molecule has 0 spiro atoms. The minimum atomic E-state index is -3.54. The molecule has 3 aromatic carbocycles. The average Bonchev–Trinajstić information content (AvgIpc) is 2.97. The maximum Gasteiger partial charge on any atom is 0.243 e. The van der Waals surface area contributed by atoms with E-state index in [1.807, 2.05) is 55.5 Å². The molecule has 0 saturated carbocycles. The summed E-state index contributed by atoms with van der Waals surface area (Å²) in [4.78, 5) is 15.0. The van der Waals surface area contributed by atoms with Gasteiger partial charge in [0.15, 0.2) is 0 Å². The van der Waals surface area contributed by atoms with Crippen LogP contribution in [0.1, 0.15) is 22.5 Å². The number of piperazine rings is 1. The number of benzene rings is 3. The summed E-state index contributed by atoms with van der Waals surface area (Å²) in [6.45, 7) is 4.26. The van der Waals surface area contributed by atoms with Gasteiger partial charge in [-0.3, -0.25) is 9.69 Å². The third-order valence-corrected chi connectivity index (χ3v) is 8.79. The van der Waals surface area contributed by atoms with Gasteiger partial charge >= 0.3 is 0 Å². The molecule has 1 aliphatic heterocycles. The highest BCUT2D eigenvalue weighted by Crippen LogP contribution is 2.24. The first-order valence-electron chi connectivity index (χ1n) is 13.0. The second-order valence-corrected chi connectivity index (χ2v) is 11.7. The van der Waals surface area contributed by atoms with Crippen molar-refractivity contribution in [2.24, 2.45) is 0 Å². The molecule has 1 saturated heterocycles. The van der Waals surface area contributed by atoms with Gasteiger partial charge in [-0.1, -0.05) is 54.6 Å². The fourth-order valence-electron chi connectivity index (χ4n) is 4.67. The molecule has 1 aliphatic rings.